The van der Waals surface area contributed by atoms with Crippen LogP contribution in [0.15, 0.2) is 24.3 Å². The predicted octanol–water partition coefficient (Wildman–Crippen LogP) is 1.41. The zero-order chi connectivity index (χ0) is 15.2. The second-order valence-electron chi connectivity index (χ2n) is 5.41. The molecule has 0 aliphatic carbocycles. The predicted molar refractivity (Wildman–Crippen MR) is 79.1 cm³/mol. The van der Waals surface area contributed by atoms with E-state index in [2.05, 4.69) is 24.8 Å². The van der Waals surface area contributed by atoms with Crippen molar-refractivity contribution in [2.24, 2.45) is 0 Å². The lowest BCUT2D eigenvalue weighted by Gasteiger charge is -2.38. The number of nitrogens with zero attached hydrogens (tertiary/aromatic N) is 2. The topological polar surface area (TPSA) is 65.7 Å². The van der Waals surface area contributed by atoms with Gasteiger partial charge in [0, 0.05) is 19.1 Å². The monoisotopic (exact) mass is 290 g/mol. The molecule has 1 saturated heterocycles. The fraction of sp³-hybridized carbons (Fsp3) is 0.562. The number of β-amino-alcohol motifs (C(OH)–C–C–N with tert-alkyl or cyclic N) is 1. The van der Waals surface area contributed by atoms with Crippen LogP contribution in [0.1, 0.15) is 19.4 Å². The summed E-state index contributed by atoms with van der Waals surface area (Å²) in [5.74, 6) is 0.663. The van der Waals surface area contributed by atoms with Crippen LogP contribution >= 0.6 is 0 Å². The molecule has 0 spiro atoms. The van der Waals surface area contributed by atoms with Crippen molar-refractivity contribution < 1.29 is 14.6 Å². The summed E-state index contributed by atoms with van der Waals surface area (Å²) in [4.78, 5) is 2.22. The standard InChI is InChI=1S/C16H22N2O3/c1-12-13(2)20-8-7-18(12)10-15(19)11-21-16-5-3-14(9-17)4-6-16/h3-6,12-13,15,19H,7-8,10-11H2,1-2H3. The van der Waals surface area contributed by atoms with E-state index in [4.69, 9.17) is 14.7 Å². The fourth-order valence-electron chi connectivity index (χ4n) is 2.39. The summed E-state index contributed by atoms with van der Waals surface area (Å²) in [7, 11) is 0. The largest absolute Gasteiger partial charge is 0.491 e. The highest BCUT2D eigenvalue weighted by Gasteiger charge is 2.26. The van der Waals surface area contributed by atoms with Crippen molar-refractivity contribution in [1.29, 1.82) is 5.26 Å². The first-order chi connectivity index (χ1) is 10.1. The van der Waals surface area contributed by atoms with E-state index < -0.39 is 6.10 Å². The van der Waals surface area contributed by atoms with E-state index in [0.29, 0.717) is 30.5 Å². The SMILES string of the molecule is CC1OCCN(CC(O)COc2ccc(C#N)cc2)C1C. The molecule has 1 aliphatic rings. The van der Waals surface area contributed by atoms with Gasteiger partial charge >= 0.3 is 0 Å². The van der Waals surface area contributed by atoms with Gasteiger partial charge in [-0.2, -0.15) is 5.26 Å². The maximum Gasteiger partial charge on any atom is 0.119 e. The maximum atomic E-state index is 10.1. The van der Waals surface area contributed by atoms with Crippen molar-refractivity contribution in [1.82, 2.24) is 4.90 Å². The number of aliphatic hydroxyl groups excluding tert-OH is 1. The second-order valence-corrected chi connectivity index (χ2v) is 5.41. The molecule has 3 atom stereocenters. The van der Waals surface area contributed by atoms with E-state index in [0.717, 1.165) is 6.54 Å². The maximum absolute atomic E-state index is 10.1. The van der Waals surface area contributed by atoms with Crippen LogP contribution in [0.25, 0.3) is 0 Å². The molecule has 1 heterocycles. The third-order valence-electron chi connectivity index (χ3n) is 3.89. The van der Waals surface area contributed by atoms with Gasteiger partial charge in [-0.25, -0.2) is 0 Å². The van der Waals surface area contributed by atoms with Crippen molar-refractivity contribution in [2.45, 2.75) is 32.1 Å². The van der Waals surface area contributed by atoms with Gasteiger partial charge in [0.2, 0.25) is 0 Å². The number of rotatable bonds is 5. The lowest BCUT2D eigenvalue weighted by atomic mass is 10.1. The molecule has 1 aliphatic heterocycles. The Hall–Kier alpha value is -1.61. The van der Waals surface area contributed by atoms with Crippen LogP contribution in [0.2, 0.25) is 0 Å². The summed E-state index contributed by atoms with van der Waals surface area (Å²) in [5, 5.41) is 18.8. The van der Waals surface area contributed by atoms with Crippen LogP contribution in [-0.4, -0.2) is 54.6 Å². The number of morpholine rings is 1. The van der Waals surface area contributed by atoms with E-state index in [1.54, 1.807) is 24.3 Å². The van der Waals surface area contributed by atoms with Gasteiger partial charge < -0.3 is 14.6 Å². The Morgan fingerprint density at radius 1 is 1.43 bits per heavy atom. The highest BCUT2D eigenvalue weighted by Crippen LogP contribution is 2.15. The van der Waals surface area contributed by atoms with Gasteiger partial charge in [0.15, 0.2) is 0 Å². The number of ether oxygens (including phenoxy) is 2. The zero-order valence-corrected chi connectivity index (χ0v) is 12.5. The molecule has 5 heteroatoms. The Morgan fingerprint density at radius 2 is 2.14 bits per heavy atom. The van der Waals surface area contributed by atoms with Crippen molar-refractivity contribution in [3.63, 3.8) is 0 Å². The van der Waals surface area contributed by atoms with E-state index in [9.17, 15) is 5.11 Å². The molecular weight excluding hydrogens is 268 g/mol. The summed E-state index contributed by atoms with van der Waals surface area (Å²) in [6.45, 7) is 6.51. The molecule has 1 fully saturated rings. The van der Waals surface area contributed by atoms with E-state index in [1.165, 1.54) is 0 Å². The minimum atomic E-state index is -0.548. The summed E-state index contributed by atoms with van der Waals surface area (Å²) >= 11 is 0. The molecule has 1 aromatic carbocycles. The number of nitriles is 1. The molecule has 21 heavy (non-hydrogen) atoms. The minimum absolute atomic E-state index is 0.186. The molecule has 0 bridgehead atoms. The van der Waals surface area contributed by atoms with Crippen molar-refractivity contribution >= 4 is 0 Å². The Bertz CT molecular complexity index is 483. The fourth-order valence-corrected chi connectivity index (χ4v) is 2.39. The van der Waals surface area contributed by atoms with Gasteiger partial charge in [-0.05, 0) is 38.1 Å². The smallest absolute Gasteiger partial charge is 0.119 e. The van der Waals surface area contributed by atoms with Gasteiger partial charge in [0.1, 0.15) is 18.5 Å². The number of aliphatic hydroxyl groups is 1. The van der Waals surface area contributed by atoms with Gasteiger partial charge in [-0.15, -0.1) is 0 Å². The van der Waals surface area contributed by atoms with Gasteiger partial charge in [-0.3, -0.25) is 4.90 Å². The van der Waals surface area contributed by atoms with E-state index >= 15 is 0 Å². The van der Waals surface area contributed by atoms with E-state index in [1.807, 2.05) is 0 Å². The van der Waals surface area contributed by atoms with Crippen molar-refractivity contribution in [3.05, 3.63) is 29.8 Å². The molecule has 0 saturated carbocycles. The van der Waals surface area contributed by atoms with Gasteiger partial charge in [0.05, 0.1) is 24.3 Å². The first kappa shape index (κ1) is 15.8. The Labute approximate surface area is 125 Å². The molecule has 0 aromatic heterocycles. The van der Waals surface area contributed by atoms with Crippen LogP contribution in [-0.2, 0) is 4.74 Å². The summed E-state index contributed by atoms with van der Waals surface area (Å²) in [6.07, 6.45) is -0.362. The number of benzene rings is 1. The molecule has 1 N–H and O–H groups in total. The third-order valence-corrected chi connectivity index (χ3v) is 3.89. The van der Waals surface area contributed by atoms with Crippen LogP contribution in [0, 0.1) is 11.3 Å². The molecule has 0 radical (unpaired) electrons. The molecule has 0 amide bonds. The third kappa shape index (κ3) is 4.43. The van der Waals surface area contributed by atoms with Gasteiger partial charge in [-0.1, -0.05) is 0 Å². The number of hydrogen-bond acceptors (Lipinski definition) is 5. The Balaban J connectivity index is 1.78. The molecule has 2 rings (SSSR count). The Kier molecular flexibility index (Phi) is 5.57. The lowest BCUT2D eigenvalue weighted by molar-refractivity contribution is -0.0701. The molecule has 114 valence electrons. The average Bonchev–Trinajstić information content (AvgIpc) is 2.50. The normalized spacial score (nSPS) is 24.3. The zero-order valence-electron chi connectivity index (χ0n) is 12.5. The highest BCUT2D eigenvalue weighted by molar-refractivity contribution is 5.34. The van der Waals surface area contributed by atoms with Gasteiger partial charge in [0.25, 0.3) is 0 Å². The highest BCUT2D eigenvalue weighted by atomic mass is 16.5. The van der Waals surface area contributed by atoms with Crippen LogP contribution in [0.3, 0.4) is 0 Å². The van der Waals surface area contributed by atoms with Crippen LogP contribution < -0.4 is 4.74 Å². The van der Waals surface area contributed by atoms with Crippen molar-refractivity contribution in [3.8, 4) is 11.8 Å². The van der Waals surface area contributed by atoms with Crippen LogP contribution in [0.4, 0.5) is 0 Å². The second kappa shape index (κ2) is 7.41. The average molecular weight is 290 g/mol. The summed E-state index contributed by atoms with van der Waals surface area (Å²) < 4.78 is 11.1. The van der Waals surface area contributed by atoms with Crippen molar-refractivity contribution in [2.75, 3.05) is 26.3 Å². The first-order valence-corrected chi connectivity index (χ1v) is 7.27. The first-order valence-electron chi connectivity index (χ1n) is 7.27. The molecular formula is C16H22N2O3. The number of hydrogen-bond donors (Lipinski definition) is 1. The quantitative estimate of drug-likeness (QED) is 0.888. The molecule has 5 nitrogen and oxygen atoms in total. The van der Waals surface area contributed by atoms with Crippen LogP contribution in [0.5, 0.6) is 5.75 Å². The minimum Gasteiger partial charge on any atom is -0.491 e. The summed E-state index contributed by atoms with van der Waals surface area (Å²) in [6, 6.07) is 9.24. The lowest BCUT2D eigenvalue weighted by Crippen LogP contribution is -2.51. The summed E-state index contributed by atoms with van der Waals surface area (Å²) in [5.41, 5.74) is 0.596. The molecule has 3 unspecified atom stereocenters. The van der Waals surface area contributed by atoms with E-state index in [-0.39, 0.29) is 12.7 Å². The molecule has 1 aromatic rings. The Morgan fingerprint density at radius 3 is 2.81 bits per heavy atom.